The normalized spacial score (nSPS) is 12.5. The number of sulfonamides is 1. The minimum absolute atomic E-state index is 0.0187. The highest BCUT2D eigenvalue weighted by Crippen LogP contribution is 2.43. The Morgan fingerprint density at radius 2 is 1.40 bits per heavy atom. The van der Waals surface area contributed by atoms with Crippen molar-refractivity contribution in [3.05, 3.63) is 127 Å². The van der Waals surface area contributed by atoms with E-state index in [9.17, 15) is 18.6 Å². The van der Waals surface area contributed by atoms with E-state index in [1.165, 1.54) is 4.31 Å². The summed E-state index contributed by atoms with van der Waals surface area (Å²) in [7, 11) is -3.82. The van der Waals surface area contributed by atoms with Crippen molar-refractivity contribution >= 4 is 50.2 Å². The molecular formula is C41H44N3O5S3+. The van der Waals surface area contributed by atoms with Gasteiger partial charge >= 0.3 is 0 Å². The van der Waals surface area contributed by atoms with Gasteiger partial charge in [-0.05, 0) is 48.5 Å². The summed E-state index contributed by atoms with van der Waals surface area (Å²) >= 11 is 3.36. The Bertz CT molecular complexity index is 2240. The average Bonchev–Trinajstić information content (AvgIpc) is 3.18. The molecule has 0 saturated heterocycles. The van der Waals surface area contributed by atoms with Crippen LogP contribution in [0.5, 0.6) is 0 Å². The fourth-order valence-electron chi connectivity index (χ4n) is 6.27. The summed E-state index contributed by atoms with van der Waals surface area (Å²) in [5, 5.41) is 21.7. The van der Waals surface area contributed by atoms with E-state index in [0.717, 1.165) is 37.3 Å². The second kappa shape index (κ2) is 17.6. The highest BCUT2D eigenvalue weighted by atomic mass is 32.2. The maximum absolute atomic E-state index is 14.1. The first kappa shape index (κ1) is 37.7. The Hall–Kier alpha value is -4.10. The van der Waals surface area contributed by atoms with Crippen LogP contribution in [0.1, 0.15) is 13.8 Å². The predicted octanol–water partition coefficient (Wildman–Crippen LogP) is 7.30. The van der Waals surface area contributed by atoms with Gasteiger partial charge in [0.1, 0.15) is 18.0 Å². The highest BCUT2D eigenvalue weighted by molar-refractivity contribution is 7.99. The molecule has 0 bridgehead atoms. The van der Waals surface area contributed by atoms with Crippen LogP contribution < -0.4 is 14.8 Å². The van der Waals surface area contributed by atoms with Crippen LogP contribution >= 0.6 is 23.5 Å². The van der Waals surface area contributed by atoms with Crippen molar-refractivity contribution in [3.63, 3.8) is 0 Å². The van der Waals surface area contributed by atoms with Gasteiger partial charge in [-0.3, -0.25) is 0 Å². The van der Waals surface area contributed by atoms with Gasteiger partial charge in [0, 0.05) is 69.3 Å². The lowest BCUT2D eigenvalue weighted by atomic mass is 9.93. The van der Waals surface area contributed by atoms with Crippen molar-refractivity contribution in [2.45, 2.75) is 28.5 Å². The molecule has 2 aliphatic rings. The zero-order valence-corrected chi connectivity index (χ0v) is 31.8. The van der Waals surface area contributed by atoms with Crippen LogP contribution in [0, 0.1) is 0 Å². The van der Waals surface area contributed by atoms with Crippen LogP contribution in [-0.2, 0) is 10.0 Å². The number of aliphatic hydroxyl groups excluding tert-OH is 2. The lowest BCUT2D eigenvalue weighted by Crippen LogP contribution is -2.32. The maximum atomic E-state index is 14.1. The van der Waals surface area contributed by atoms with Crippen molar-refractivity contribution < 1.29 is 23.0 Å². The minimum atomic E-state index is -3.82. The fraction of sp³-hybridized carbons (Fsp3) is 0.244. The monoisotopic (exact) mass is 754 g/mol. The standard InChI is InChI=1S/C41H44N3O5S3/c1-3-44(4-2)52(47,48)40-18-12-11-17-37(40)41-35-21-19-31(42(23-25-45)29-50-33-13-7-5-8-14-33)27-38(35)49-39-28-32(20-22-36(39)41)43(24-26-46)30-51-34-15-9-6-10-16-34/h5-22,27-28,45-46H,3-4,23-26,29-30H2,1-2H3/q+1. The Balaban J connectivity index is 1.55. The van der Waals surface area contributed by atoms with Gasteiger partial charge < -0.3 is 19.5 Å². The van der Waals surface area contributed by atoms with Crippen LogP contribution in [0.25, 0.3) is 33.4 Å². The first-order valence-electron chi connectivity index (χ1n) is 17.4. The predicted molar refractivity (Wildman–Crippen MR) is 214 cm³/mol. The second-order valence-electron chi connectivity index (χ2n) is 12.1. The van der Waals surface area contributed by atoms with Crippen LogP contribution in [0.3, 0.4) is 0 Å². The highest BCUT2D eigenvalue weighted by Gasteiger charge is 2.28. The Morgan fingerprint density at radius 1 is 0.731 bits per heavy atom. The summed E-state index contributed by atoms with van der Waals surface area (Å²) in [4.78, 5) is 4.60. The molecule has 0 aromatic heterocycles. The Morgan fingerprint density at radius 3 is 2.08 bits per heavy atom. The minimum Gasteiger partial charge on any atom is -0.456 e. The van der Waals surface area contributed by atoms with Gasteiger partial charge in [-0.1, -0.05) is 80.2 Å². The van der Waals surface area contributed by atoms with Gasteiger partial charge in [-0.2, -0.15) is 4.31 Å². The number of thioether (sulfide) groups is 2. The molecule has 1 heterocycles. The molecule has 2 N–H and O–H groups in total. The van der Waals surface area contributed by atoms with E-state index in [-0.39, 0.29) is 18.1 Å². The summed E-state index contributed by atoms with van der Waals surface area (Å²) in [5.41, 5.74) is 3.60. The van der Waals surface area contributed by atoms with E-state index in [1.54, 1.807) is 35.7 Å². The van der Waals surface area contributed by atoms with Gasteiger partial charge in [0.2, 0.25) is 15.4 Å². The number of anilines is 1. The number of benzene rings is 5. The SMILES string of the molecule is CCN(CC)S(=O)(=O)c1ccccc1-c1c2cc/c(=[N+](\CCO)CSc3ccccc3)cc-2oc2cc(N(CCO)CSc3ccccc3)ccc12. The lowest BCUT2D eigenvalue weighted by molar-refractivity contribution is 0.286. The largest absolute Gasteiger partial charge is 0.456 e. The third kappa shape index (κ3) is 8.41. The van der Waals surface area contributed by atoms with Gasteiger partial charge in [0.15, 0.2) is 12.4 Å². The summed E-state index contributed by atoms with van der Waals surface area (Å²) < 4.78 is 38.5. The first-order chi connectivity index (χ1) is 25.4. The molecule has 11 heteroatoms. The molecule has 0 saturated carbocycles. The third-order valence-electron chi connectivity index (χ3n) is 8.90. The zero-order valence-electron chi connectivity index (χ0n) is 29.4. The van der Waals surface area contributed by atoms with Gasteiger partial charge in [-0.15, -0.1) is 11.8 Å². The van der Waals surface area contributed by atoms with Crippen LogP contribution in [-0.4, -0.2) is 74.1 Å². The number of hydrogen-bond donors (Lipinski definition) is 2. The molecule has 1 aliphatic heterocycles. The van der Waals surface area contributed by atoms with E-state index in [4.69, 9.17) is 4.42 Å². The van der Waals surface area contributed by atoms with E-state index in [1.807, 2.05) is 98.8 Å². The maximum Gasteiger partial charge on any atom is 0.243 e. The van der Waals surface area contributed by atoms with Crippen molar-refractivity contribution in [3.8, 4) is 22.5 Å². The third-order valence-corrected chi connectivity index (χ3v) is 13.1. The molecule has 4 aromatic rings. The van der Waals surface area contributed by atoms with E-state index >= 15 is 0 Å². The molecule has 6 rings (SSSR count). The smallest absolute Gasteiger partial charge is 0.243 e. The van der Waals surface area contributed by atoms with Crippen LogP contribution in [0.15, 0.2) is 140 Å². The Kier molecular flexibility index (Phi) is 12.8. The molecule has 0 spiro atoms. The van der Waals surface area contributed by atoms with Crippen molar-refractivity contribution in [1.29, 1.82) is 0 Å². The lowest BCUT2D eigenvalue weighted by Gasteiger charge is -2.25. The summed E-state index contributed by atoms with van der Waals surface area (Å²) in [6.07, 6.45) is 0. The number of aliphatic hydroxyl groups is 2. The number of hydrogen-bond acceptors (Lipinski definition) is 8. The quantitative estimate of drug-likeness (QED) is 0.0460. The Labute approximate surface area is 314 Å². The molecule has 52 heavy (non-hydrogen) atoms. The summed E-state index contributed by atoms with van der Waals surface area (Å²) in [6, 6.07) is 39.4. The molecular weight excluding hydrogens is 711 g/mol. The topological polar surface area (TPSA) is 97.2 Å². The van der Waals surface area contributed by atoms with Crippen molar-refractivity contribution in [1.82, 2.24) is 8.88 Å². The molecule has 0 fully saturated rings. The number of fused-ring (bicyclic) bond motifs is 2. The molecule has 0 amide bonds. The number of nitrogens with zero attached hydrogens (tertiary/aromatic N) is 3. The molecule has 0 radical (unpaired) electrons. The molecule has 8 nitrogen and oxygen atoms in total. The van der Waals surface area contributed by atoms with E-state index in [2.05, 4.69) is 33.7 Å². The molecule has 0 atom stereocenters. The van der Waals surface area contributed by atoms with Crippen molar-refractivity contribution in [2.75, 3.05) is 56.0 Å². The zero-order chi connectivity index (χ0) is 36.5. The van der Waals surface area contributed by atoms with E-state index < -0.39 is 10.0 Å². The van der Waals surface area contributed by atoms with Gasteiger partial charge in [0.25, 0.3) is 0 Å². The summed E-state index contributed by atoms with van der Waals surface area (Å²) in [6.45, 7) is 5.23. The van der Waals surface area contributed by atoms with Gasteiger partial charge in [-0.25, -0.2) is 13.0 Å². The fourth-order valence-corrected chi connectivity index (χ4v) is 9.79. The van der Waals surface area contributed by atoms with Crippen LogP contribution in [0.4, 0.5) is 5.69 Å². The average molecular weight is 755 g/mol. The molecule has 0 unspecified atom stereocenters. The first-order valence-corrected chi connectivity index (χ1v) is 20.8. The van der Waals surface area contributed by atoms with Gasteiger partial charge in [0.05, 0.1) is 23.4 Å². The number of rotatable bonds is 16. The van der Waals surface area contributed by atoms with Crippen molar-refractivity contribution in [2.24, 2.45) is 0 Å². The molecule has 1 aliphatic carbocycles. The molecule has 4 aromatic carbocycles. The van der Waals surface area contributed by atoms with E-state index in [0.29, 0.717) is 54.8 Å². The van der Waals surface area contributed by atoms with Crippen LogP contribution in [0.2, 0.25) is 0 Å². The second-order valence-corrected chi connectivity index (χ2v) is 16.0. The molecule has 270 valence electrons. The summed E-state index contributed by atoms with van der Waals surface area (Å²) in [5.74, 6) is 1.81.